The number of nitrogens with zero attached hydrogens (tertiary/aromatic N) is 1. The van der Waals surface area contributed by atoms with E-state index in [-0.39, 0.29) is 18.7 Å². The van der Waals surface area contributed by atoms with Crippen LogP contribution in [0, 0.1) is 0 Å². The van der Waals surface area contributed by atoms with Crippen LogP contribution in [0.4, 0.5) is 0 Å². The zero-order valence-corrected chi connectivity index (χ0v) is 8.73. The number of esters is 1. The fourth-order valence-corrected chi connectivity index (χ4v) is 1.36. The molecular weight excluding hydrogens is 182 g/mol. The quantitative estimate of drug-likeness (QED) is 0.636. The third-order valence-corrected chi connectivity index (χ3v) is 2.09. The first-order valence-corrected chi connectivity index (χ1v) is 4.90. The van der Waals surface area contributed by atoms with Crippen molar-refractivity contribution in [1.82, 2.24) is 4.90 Å². The molecule has 0 spiro atoms. The zero-order chi connectivity index (χ0) is 10.4. The lowest BCUT2D eigenvalue weighted by atomic mass is 10.2. The van der Waals surface area contributed by atoms with Crippen LogP contribution in [0.1, 0.15) is 19.8 Å². The second-order valence-electron chi connectivity index (χ2n) is 3.26. The summed E-state index contributed by atoms with van der Waals surface area (Å²) in [6.45, 7) is 2.52. The predicted molar refractivity (Wildman–Crippen MR) is 52.5 cm³/mol. The minimum atomic E-state index is -0.201. The smallest absolute Gasteiger partial charge is 0.320 e. The number of carbonyl (C=O) groups is 1. The van der Waals surface area contributed by atoms with E-state index in [4.69, 9.17) is 9.47 Å². The summed E-state index contributed by atoms with van der Waals surface area (Å²) in [5.41, 5.74) is 0. The maximum Gasteiger partial charge on any atom is 0.320 e. The molecule has 0 aromatic carbocycles. The normalized spacial score (nSPS) is 20.6. The van der Waals surface area contributed by atoms with E-state index in [1.165, 1.54) is 0 Å². The van der Waals surface area contributed by atoms with Crippen LogP contribution in [0.3, 0.4) is 0 Å². The molecule has 80 valence electrons. The van der Waals surface area contributed by atoms with Gasteiger partial charge >= 0.3 is 5.97 Å². The average Bonchev–Trinajstić information content (AvgIpc) is 2.19. The van der Waals surface area contributed by atoms with Gasteiger partial charge in [0.2, 0.25) is 0 Å². The highest BCUT2D eigenvalue weighted by atomic mass is 16.5. The van der Waals surface area contributed by atoms with Crippen molar-refractivity contribution in [2.24, 2.45) is 0 Å². The largest absolute Gasteiger partial charge is 0.483 e. The Morgan fingerprint density at radius 1 is 1.71 bits per heavy atom. The number of hydrogen-bond donors (Lipinski definition) is 0. The fourth-order valence-electron chi connectivity index (χ4n) is 1.36. The first-order valence-electron chi connectivity index (χ1n) is 4.90. The van der Waals surface area contributed by atoms with Gasteiger partial charge in [-0.2, -0.15) is 0 Å². The van der Waals surface area contributed by atoms with Crippen molar-refractivity contribution in [2.75, 3.05) is 20.2 Å². The minimum Gasteiger partial charge on any atom is -0.483 e. The van der Waals surface area contributed by atoms with Crippen LogP contribution < -0.4 is 0 Å². The van der Waals surface area contributed by atoms with Crippen LogP contribution in [0.25, 0.3) is 0 Å². The number of carbonyl (C=O) groups excluding carboxylic acids is 1. The van der Waals surface area contributed by atoms with Gasteiger partial charge in [-0.05, 0) is 26.5 Å². The summed E-state index contributed by atoms with van der Waals surface area (Å²) in [4.78, 5) is 13.0. The molecule has 0 bridgehead atoms. The van der Waals surface area contributed by atoms with Gasteiger partial charge in [-0.1, -0.05) is 0 Å². The van der Waals surface area contributed by atoms with E-state index < -0.39 is 0 Å². The lowest BCUT2D eigenvalue weighted by Crippen LogP contribution is -2.38. The van der Waals surface area contributed by atoms with Crippen molar-refractivity contribution in [3.8, 4) is 0 Å². The van der Waals surface area contributed by atoms with Gasteiger partial charge in [0, 0.05) is 6.42 Å². The zero-order valence-electron chi connectivity index (χ0n) is 8.73. The highest BCUT2D eigenvalue weighted by Crippen LogP contribution is 2.12. The van der Waals surface area contributed by atoms with Gasteiger partial charge in [0.1, 0.15) is 0 Å². The van der Waals surface area contributed by atoms with Gasteiger partial charge in [0.15, 0.2) is 6.23 Å². The Bertz CT molecular complexity index is 215. The predicted octanol–water partition coefficient (Wildman–Crippen LogP) is 1.13. The van der Waals surface area contributed by atoms with E-state index in [2.05, 4.69) is 0 Å². The summed E-state index contributed by atoms with van der Waals surface area (Å²) in [7, 11) is 1.86. The summed E-state index contributed by atoms with van der Waals surface area (Å²) >= 11 is 0. The molecule has 1 rings (SSSR count). The van der Waals surface area contributed by atoms with Crippen molar-refractivity contribution in [2.45, 2.75) is 26.0 Å². The summed E-state index contributed by atoms with van der Waals surface area (Å²) in [5, 5.41) is 0. The molecule has 0 N–H and O–H groups in total. The average molecular weight is 199 g/mol. The SMILES string of the molecule is CCOC(=O)CN(C)C1CCC=CO1. The van der Waals surface area contributed by atoms with Crippen LogP contribution in [-0.2, 0) is 14.3 Å². The first kappa shape index (κ1) is 11.0. The molecular formula is C10H17NO3. The molecule has 0 radical (unpaired) electrons. The topological polar surface area (TPSA) is 38.8 Å². The van der Waals surface area contributed by atoms with Gasteiger partial charge in [0.25, 0.3) is 0 Å². The second-order valence-corrected chi connectivity index (χ2v) is 3.26. The Morgan fingerprint density at radius 3 is 3.07 bits per heavy atom. The Balaban J connectivity index is 2.29. The third kappa shape index (κ3) is 3.38. The molecule has 1 aliphatic heterocycles. The first-order chi connectivity index (χ1) is 6.74. The molecule has 1 atom stereocenters. The van der Waals surface area contributed by atoms with E-state index in [1.54, 1.807) is 13.2 Å². The molecule has 14 heavy (non-hydrogen) atoms. The number of allylic oxidation sites excluding steroid dienone is 1. The van der Waals surface area contributed by atoms with Crippen molar-refractivity contribution in [1.29, 1.82) is 0 Å². The fraction of sp³-hybridized carbons (Fsp3) is 0.700. The van der Waals surface area contributed by atoms with Gasteiger partial charge in [-0.25, -0.2) is 0 Å². The van der Waals surface area contributed by atoms with Crippen molar-refractivity contribution in [3.63, 3.8) is 0 Å². The molecule has 0 fully saturated rings. The Labute approximate surface area is 84.5 Å². The molecule has 1 heterocycles. The number of ether oxygens (including phenoxy) is 2. The van der Waals surface area contributed by atoms with Crippen molar-refractivity contribution in [3.05, 3.63) is 12.3 Å². The lowest BCUT2D eigenvalue weighted by Gasteiger charge is -2.28. The summed E-state index contributed by atoms with van der Waals surface area (Å²) < 4.78 is 10.2. The summed E-state index contributed by atoms with van der Waals surface area (Å²) in [6, 6.07) is 0. The highest BCUT2D eigenvalue weighted by Gasteiger charge is 2.19. The molecule has 4 heteroatoms. The van der Waals surface area contributed by atoms with Crippen molar-refractivity contribution >= 4 is 5.97 Å². The number of likely N-dealkylation sites (N-methyl/N-ethyl adjacent to an activating group) is 1. The van der Waals surface area contributed by atoms with Gasteiger partial charge in [0.05, 0.1) is 19.4 Å². The van der Waals surface area contributed by atoms with Gasteiger partial charge < -0.3 is 9.47 Å². The standard InChI is InChI=1S/C10H17NO3/c1-3-13-10(12)8-11(2)9-6-4-5-7-14-9/h5,7,9H,3-4,6,8H2,1-2H3. The Kier molecular flexibility index (Phi) is 4.46. The monoisotopic (exact) mass is 199 g/mol. The maximum absolute atomic E-state index is 11.2. The lowest BCUT2D eigenvalue weighted by molar-refractivity contribution is -0.147. The van der Waals surface area contributed by atoms with Crippen LogP contribution in [-0.4, -0.2) is 37.3 Å². The molecule has 0 aromatic heterocycles. The van der Waals surface area contributed by atoms with Gasteiger partial charge in [-0.3, -0.25) is 9.69 Å². The molecule has 1 unspecified atom stereocenters. The number of rotatable bonds is 4. The Hall–Kier alpha value is -1.03. The van der Waals surface area contributed by atoms with E-state index in [9.17, 15) is 4.79 Å². The van der Waals surface area contributed by atoms with Gasteiger partial charge in [-0.15, -0.1) is 0 Å². The highest BCUT2D eigenvalue weighted by molar-refractivity contribution is 5.71. The van der Waals surface area contributed by atoms with E-state index in [0.717, 1.165) is 12.8 Å². The third-order valence-electron chi connectivity index (χ3n) is 2.09. The van der Waals surface area contributed by atoms with Crippen LogP contribution in [0.5, 0.6) is 0 Å². The Morgan fingerprint density at radius 2 is 2.50 bits per heavy atom. The second kappa shape index (κ2) is 5.65. The van der Waals surface area contributed by atoms with Crippen LogP contribution in [0.2, 0.25) is 0 Å². The summed E-state index contributed by atoms with van der Waals surface area (Å²) in [5.74, 6) is -0.201. The van der Waals surface area contributed by atoms with Crippen molar-refractivity contribution < 1.29 is 14.3 Å². The molecule has 4 nitrogen and oxygen atoms in total. The molecule has 0 amide bonds. The molecule has 0 saturated carbocycles. The molecule has 0 aromatic rings. The molecule has 0 saturated heterocycles. The van der Waals surface area contributed by atoms with Crippen LogP contribution >= 0.6 is 0 Å². The molecule has 0 aliphatic carbocycles. The maximum atomic E-state index is 11.2. The van der Waals surface area contributed by atoms with E-state index >= 15 is 0 Å². The number of hydrogen-bond acceptors (Lipinski definition) is 4. The molecule has 1 aliphatic rings. The van der Waals surface area contributed by atoms with E-state index in [1.807, 2.05) is 18.0 Å². The minimum absolute atomic E-state index is 0.00408. The summed E-state index contributed by atoms with van der Waals surface area (Å²) in [6.07, 6.45) is 5.60. The van der Waals surface area contributed by atoms with Crippen LogP contribution in [0.15, 0.2) is 12.3 Å². The van der Waals surface area contributed by atoms with E-state index in [0.29, 0.717) is 6.61 Å².